The number of fused-ring (bicyclic) bond motifs is 1. The number of nitro benzene ring substituents is 1. The van der Waals surface area contributed by atoms with Crippen molar-refractivity contribution in [3.05, 3.63) is 74.8 Å². The van der Waals surface area contributed by atoms with Gasteiger partial charge in [-0.25, -0.2) is 4.98 Å². The predicted octanol–water partition coefficient (Wildman–Crippen LogP) is 5.57. The van der Waals surface area contributed by atoms with Gasteiger partial charge in [-0.1, -0.05) is 53.7 Å². The van der Waals surface area contributed by atoms with Gasteiger partial charge < -0.3 is 0 Å². The molecule has 140 valence electrons. The van der Waals surface area contributed by atoms with Crippen LogP contribution in [0.3, 0.4) is 0 Å². The van der Waals surface area contributed by atoms with Gasteiger partial charge >= 0.3 is 0 Å². The summed E-state index contributed by atoms with van der Waals surface area (Å²) in [7, 11) is 0. The minimum absolute atomic E-state index is 0.0912. The van der Waals surface area contributed by atoms with Crippen LogP contribution in [0.25, 0.3) is 21.5 Å². The van der Waals surface area contributed by atoms with Crippen LogP contribution in [0.1, 0.15) is 16.1 Å². The topological polar surface area (TPSA) is 81.8 Å². The van der Waals surface area contributed by atoms with Crippen molar-refractivity contribution in [1.82, 2.24) is 15.2 Å². The van der Waals surface area contributed by atoms with Crippen molar-refractivity contribution < 1.29 is 4.92 Å². The Morgan fingerprint density at radius 1 is 1.04 bits per heavy atom. The van der Waals surface area contributed by atoms with Gasteiger partial charge in [0.1, 0.15) is 16.2 Å². The van der Waals surface area contributed by atoms with E-state index in [0.29, 0.717) is 5.75 Å². The first-order chi connectivity index (χ1) is 13.5. The summed E-state index contributed by atoms with van der Waals surface area (Å²) in [6.07, 6.45) is 0. The molecule has 0 saturated carbocycles. The summed E-state index contributed by atoms with van der Waals surface area (Å²) < 4.78 is 1.03. The van der Waals surface area contributed by atoms with E-state index in [4.69, 9.17) is 0 Å². The first-order valence-corrected chi connectivity index (χ1v) is 10.4. The quantitative estimate of drug-likeness (QED) is 0.244. The molecule has 0 aliphatic rings. The molecular formula is C20H16N4O2S2. The van der Waals surface area contributed by atoms with Crippen LogP contribution < -0.4 is 0 Å². The third-order valence-electron chi connectivity index (χ3n) is 4.24. The van der Waals surface area contributed by atoms with Gasteiger partial charge in [-0.05, 0) is 19.4 Å². The third-order valence-corrected chi connectivity index (χ3v) is 6.24. The Labute approximate surface area is 169 Å². The molecule has 0 radical (unpaired) electrons. The molecule has 2 aromatic heterocycles. The Morgan fingerprint density at radius 3 is 2.43 bits per heavy atom. The number of non-ortho nitro benzene ring substituents is 1. The molecule has 0 atom stereocenters. The Balaban J connectivity index is 1.64. The fourth-order valence-electron chi connectivity index (χ4n) is 2.78. The summed E-state index contributed by atoms with van der Waals surface area (Å²) in [5.41, 5.74) is 5.01. The number of benzene rings is 2. The maximum atomic E-state index is 10.8. The number of nitro groups is 1. The molecule has 0 amide bonds. The summed E-state index contributed by atoms with van der Waals surface area (Å²) in [5.74, 6) is 0.641. The molecular weight excluding hydrogens is 392 g/mol. The van der Waals surface area contributed by atoms with Crippen molar-refractivity contribution in [1.29, 1.82) is 0 Å². The lowest BCUT2D eigenvalue weighted by atomic mass is 10.1. The highest BCUT2D eigenvalue weighted by Crippen LogP contribution is 2.36. The summed E-state index contributed by atoms with van der Waals surface area (Å²) in [5, 5.41) is 21.4. The molecule has 0 aliphatic carbocycles. The van der Waals surface area contributed by atoms with Crippen LogP contribution in [0, 0.1) is 24.0 Å². The van der Waals surface area contributed by atoms with Crippen molar-refractivity contribution in [3.63, 3.8) is 0 Å². The molecule has 4 aromatic rings. The van der Waals surface area contributed by atoms with Crippen molar-refractivity contribution >= 4 is 39.0 Å². The van der Waals surface area contributed by atoms with E-state index in [9.17, 15) is 10.1 Å². The summed E-state index contributed by atoms with van der Waals surface area (Å²) in [6, 6.07) is 14.8. The maximum absolute atomic E-state index is 10.8. The van der Waals surface area contributed by atoms with Gasteiger partial charge in [-0.15, -0.1) is 21.5 Å². The fraction of sp³-hybridized carbons (Fsp3) is 0.150. The second-order valence-electron chi connectivity index (χ2n) is 6.34. The second-order valence-corrected chi connectivity index (χ2v) is 8.51. The van der Waals surface area contributed by atoms with Crippen LogP contribution in [0.2, 0.25) is 0 Å². The number of rotatable bonds is 5. The van der Waals surface area contributed by atoms with E-state index in [0.717, 1.165) is 37.1 Å². The Morgan fingerprint density at radius 2 is 1.75 bits per heavy atom. The molecule has 0 N–H and O–H groups in total. The molecule has 0 unspecified atom stereocenters. The van der Waals surface area contributed by atoms with E-state index in [1.807, 2.05) is 6.92 Å². The zero-order valence-corrected chi connectivity index (χ0v) is 16.9. The Kier molecular flexibility index (Phi) is 5.06. The van der Waals surface area contributed by atoms with Gasteiger partial charge in [-0.3, -0.25) is 10.1 Å². The zero-order valence-electron chi connectivity index (χ0n) is 15.2. The van der Waals surface area contributed by atoms with Crippen LogP contribution in [0.5, 0.6) is 0 Å². The second kappa shape index (κ2) is 7.65. The van der Waals surface area contributed by atoms with Gasteiger partial charge in [-0.2, -0.15) is 0 Å². The molecule has 8 heteroatoms. The number of thiazole rings is 1. The molecule has 4 rings (SSSR count). The highest BCUT2D eigenvalue weighted by molar-refractivity contribution is 7.98. The van der Waals surface area contributed by atoms with E-state index in [-0.39, 0.29) is 5.69 Å². The lowest BCUT2D eigenvalue weighted by Crippen LogP contribution is -1.93. The monoisotopic (exact) mass is 408 g/mol. The van der Waals surface area contributed by atoms with E-state index in [1.54, 1.807) is 23.5 Å². The largest absolute Gasteiger partial charge is 0.269 e. The first kappa shape index (κ1) is 18.5. The van der Waals surface area contributed by atoms with Crippen molar-refractivity contribution in [2.75, 3.05) is 0 Å². The standard InChI is InChI=1S/C20H16N4O2S2/c1-12-3-7-15(8-4-12)17-19-18(21-13(2)28-19)20(23-22-17)27-11-14-5-9-16(10-6-14)24(25)26/h3-10H,11H2,1-2H3. The zero-order chi connectivity index (χ0) is 19.7. The molecule has 6 nitrogen and oxygen atoms in total. The molecule has 0 aliphatic heterocycles. The average molecular weight is 409 g/mol. The highest BCUT2D eigenvalue weighted by Gasteiger charge is 2.16. The molecule has 0 saturated heterocycles. The maximum Gasteiger partial charge on any atom is 0.269 e. The van der Waals surface area contributed by atoms with Crippen LogP contribution in [0.4, 0.5) is 5.69 Å². The van der Waals surface area contributed by atoms with E-state index in [2.05, 4.69) is 46.4 Å². The molecule has 2 heterocycles. The average Bonchev–Trinajstić information content (AvgIpc) is 3.09. The van der Waals surface area contributed by atoms with E-state index < -0.39 is 4.92 Å². The minimum Gasteiger partial charge on any atom is -0.258 e. The fourth-order valence-corrected chi connectivity index (χ4v) is 4.65. The third kappa shape index (κ3) is 3.74. The van der Waals surface area contributed by atoms with Gasteiger partial charge in [0.15, 0.2) is 0 Å². The lowest BCUT2D eigenvalue weighted by molar-refractivity contribution is -0.384. The van der Waals surface area contributed by atoms with Crippen molar-refractivity contribution in [2.24, 2.45) is 0 Å². The number of hydrogen-bond acceptors (Lipinski definition) is 7. The number of thioether (sulfide) groups is 1. The van der Waals surface area contributed by atoms with Crippen LogP contribution in [0.15, 0.2) is 53.6 Å². The Hall–Kier alpha value is -2.84. The van der Waals surface area contributed by atoms with Crippen LogP contribution in [-0.2, 0) is 5.75 Å². The summed E-state index contributed by atoms with van der Waals surface area (Å²) >= 11 is 3.15. The van der Waals surface area contributed by atoms with Crippen molar-refractivity contribution in [3.8, 4) is 11.3 Å². The lowest BCUT2D eigenvalue weighted by Gasteiger charge is -2.06. The van der Waals surface area contributed by atoms with Crippen LogP contribution in [-0.4, -0.2) is 20.1 Å². The van der Waals surface area contributed by atoms with E-state index >= 15 is 0 Å². The number of nitrogens with zero attached hydrogens (tertiary/aromatic N) is 4. The summed E-state index contributed by atoms with van der Waals surface area (Å²) in [6.45, 7) is 4.04. The van der Waals surface area contributed by atoms with Gasteiger partial charge in [0.05, 0.1) is 14.6 Å². The smallest absolute Gasteiger partial charge is 0.258 e. The minimum atomic E-state index is -0.395. The van der Waals surface area contributed by atoms with Gasteiger partial charge in [0.2, 0.25) is 0 Å². The highest BCUT2D eigenvalue weighted by atomic mass is 32.2. The molecule has 0 fully saturated rings. The molecule has 2 aromatic carbocycles. The molecule has 28 heavy (non-hydrogen) atoms. The van der Waals surface area contributed by atoms with Gasteiger partial charge in [0, 0.05) is 23.4 Å². The van der Waals surface area contributed by atoms with Crippen molar-refractivity contribution in [2.45, 2.75) is 24.6 Å². The number of aromatic nitrogens is 3. The number of aryl methyl sites for hydroxylation is 2. The molecule has 0 spiro atoms. The molecule has 0 bridgehead atoms. The Bertz CT molecular complexity index is 1160. The first-order valence-electron chi connectivity index (χ1n) is 8.58. The SMILES string of the molecule is Cc1ccc(-c2nnc(SCc3ccc([N+](=O)[O-])cc3)c3nc(C)sc23)cc1. The number of hydrogen-bond donors (Lipinski definition) is 0. The normalized spacial score (nSPS) is 11.1. The predicted molar refractivity (Wildman–Crippen MR) is 113 cm³/mol. The van der Waals surface area contributed by atoms with E-state index in [1.165, 1.54) is 29.5 Å². The van der Waals surface area contributed by atoms with Gasteiger partial charge in [0.25, 0.3) is 5.69 Å². The van der Waals surface area contributed by atoms with Crippen LogP contribution >= 0.6 is 23.1 Å². The summed E-state index contributed by atoms with van der Waals surface area (Å²) in [4.78, 5) is 15.1.